The lowest BCUT2D eigenvalue weighted by Gasteiger charge is -2.34. The highest BCUT2D eigenvalue weighted by Gasteiger charge is 2.32. The van der Waals surface area contributed by atoms with Gasteiger partial charge in [0.05, 0.1) is 0 Å². The number of sulfonamides is 1. The van der Waals surface area contributed by atoms with Crippen molar-refractivity contribution in [3.05, 3.63) is 29.3 Å². The summed E-state index contributed by atoms with van der Waals surface area (Å²) in [7, 11) is -3.67. The fourth-order valence-electron chi connectivity index (χ4n) is 2.79. The number of H-pyrrole nitrogens is 1. The van der Waals surface area contributed by atoms with E-state index in [-0.39, 0.29) is 18.1 Å². The van der Waals surface area contributed by atoms with Crippen molar-refractivity contribution >= 4 is 38.6 Å². The van der Waals surface area contributed by atoms with E-state index in [1.807, 2.05) is 0 Å². The summed E-state index contributed by atoms with van der Waals surface area (Å²) in [6.45, 7) is 6.42. The van der Waals surface area contributed by atoms with Crippen molar-refractivity contribution < 1.29 is 17.9 Å². The van der Waals surface area contributed by atoms with Gasteiger partial charge in [-0.3, -0.25) is 0 Å². The normalized spacial score (nSPS) is 16.8. The van der Waals surface area contributed by atoms with E-state index in [0.717, 1.165) is 5.39 Å². The van der Waals surface area contributed by atoms with Crippen LogP contribution in [0.5, 0.6) is 0 Å². The monoisotopic (exact) mass is 399 g/mol. The molecule has 7 nitrogen and oxygen atoms in total. The number of aromatic amines is 1. The van der Waals surface area contributed by atoms with Gasteiger partial charge in [0.1, 0.15) is 10.6 Å². The zero-order valence-electron chi connectivity index (χ0n) is 15.0. The first-order chi connectivity index (χ1) is 12.1. The molecule has 0 unspecified atom stereocenters. The predicted octanol–water partition coefficient (Wildman–Crippen LogP) is 3.06. The molecule has 1 aromatic heterocycles. The van der Waals surface area contributed by atoms with Gasteiger partial charge in [-0.1, -0.05) is 11.6 Å². The number of halogens is 1. The van der Waals surface area contributed by atoms with Gasteiger partial charge in [0.2, 0.25) is 0 Å². The predicted molar refractivity (Wildman–Crippen MR) is 99.9 cm³/mol. The maximum Gasteiger partial charge on any atom is 0.410 e. The molecule has 142 valence electrons. The van der Waals surface area contributed by atoms with Crippen LogP contribution in [0.3, 0.4) is 0 Å². The second-order valence-electron chi connectivity index (χ2n) is 7.24. The first-order valence-corrected chi connectivity index (χ1v) is 10.1. The Bertz CT molecular complexity index is 925. The first-order valence-electron chi connectivity index (χ1n) is 8.33. The van der Waals surface area contributed by atoms with Crippen LogP contribution in [0.2, 0.25) is 5.02 Å². The number of piperazine rings is 1. The van der Waals surface area contributed by atoms with E-state index < -0.39 is 21.7 Å². The molecule has 1 amide bonds. The number of benzene rings is 1. The minimum atomic E-state index is -3.67. The van der Waals surface area contributed by atoms with Gasteiger partial charge in [-0.2, -0.15) is 4.31 Å². The van der Waals surface area contributed by atoms with Crippen LogP contribution in [0, 0.1) is 0 Å². The molecule has 0 radical (unpaired) electrons. The zero-order valence-corrected chi connectivity index (χ0v) is 16.5. The Labute approximate surface area is 157 Å². The number of nitrogens with zero attached hydrogens (tertiary/aromatic N) is 2. The Morgan fingerprint density at radius 1 is 1.15 bits per heavy atom. The van der Waals surface area contributed by atoms with Crippen molar-refractivity contribution in [2.45, 2.75) is 31.4 Å². The van der Waals surface area contributed by atoms with Crippen molar-refractivity contribution in [3.63, 3.8) is 0 Å². The molecule has 1 aliphatic heterocycles. The molecule has 26 heavy (non-hydrogen) atoms. The summed E-state index contributed by atoms with van der Waals surface area (Å²) in [5.74, 6) is 0. The SMILES string of the molecule is CC(C)(C)OC(=O)N1CCN(S(=O)(=O)c2cc3cc(Cl)ccc3[nH]2)CC1. The molecule has 1 N–H and O–H groups in total. The van der Waals surface area contributed by atoms with Crippen molar-refractivity contribution in [2.75, 3.05) is 26.2 Å². The molecule has 1 aromatic carbocycles. The summed E-state index contributed by atoms with van der Waals surface area (Å²) in [6, 6.07) is 6.75. The van der Waals surface area contributed by atoms with Gasteiger partial charge in [0, 0.05) is 42.1 Å². The van der Waals surface area contributed by atoms with Crippen LogP contribution in [0.4, 0.5) is 4.79 Å². The average molecular weight is 400 g/mol. The Kier molecular flexibility index (Phi) is 4.94. The number of hydrogen-bond donors (Lipinski definition) is 1. The summed E-state index contributed by atoms with van der Waals surface area (Å²) in [4.78, 5) is 16.6. The summed E-state index contributed by atoms with van der Waals surface area (Å²) in [5.41, 5.74) is 0.131. The zero-order chi connectivity index (χ0) is 19.1. The molecule has 0 bridgehead atoms. The van der Waals surface area contributed by atoms with Crippen LogP contribution < -0.4 is 0 Å². The van der Waals surface area contributed by atoms with E-state index in [4.69, 9.17) is 16.3 Å². The fraction of sp³-hybridized carbons (Fsp3) is 0.471. The lowest BCUT2D eigenvalue weighted by molar-refractivity contribution is 0.0192. The Morgan fingerprint density at radius 2 is 1.81 bits per heavy atom. The second-order valence-corrected chi connectivity index (χ2v) is 9.58. The molecule has 2 heterocycles. The fourth-order valence-corrected chi connectivity index (χ4v) is 4.41. The van der Waals surface area contributed by atoms with Crippen LogP contribution in [0.25, 0.3) is 10.9 Å². The standard InChI is InChI=1S/C17H22ClN3O4S/c1-17(2,3)25-16(22)20-6-8-21(9-7-20)26(23,24)15-11-12-10-13(18)4-5-14(12)19-15/h4-5,10-11,19H,6-9H2,1-3H3. The number of carbonyl (C=O) groups excluding carboxylic acids is 1. The van der Waals surface area contributed by atoms with Gasteiger partial charge < -0.3 is 14.6 Å². The minimum absolute atomic E-state index is 0.125. The van der Waals surface area contributed by atoms with Crippen LogP contribution in [-0.2, 0) is 14.8 Å². The summed E-state index contributed by atoms with van der Waals surface area (Å²) in [6.07, 6.45) is -0.421. The van der Waals surface area contributed by atoms with Crippen LogP contribution >= 0.6 is 11.6 Å². The second kappa shape index (κ2) is 6.75. The molecule has 2 aromatic rings. The molecule has 0 spiro atoms. The lowest BCUT2D eigenvalue weighted by atomic mass is 10.2. The number of amides is 1. The number of hydrogen-bond acceptors (Lipinski definition) is 4. The Hall–Kier alpha value is -1.77. The van der Waals surface area contributed by atoms with E-state index in [0.29, 0.717) is 23.6 Å². The molecule has 3 rings (SSSR count). The lowest BCUT2D eigenvalue weighted by Crippen LogP contribution is -2.51. The Balaban J connectivity index is 1.72. The highest BCUT2D eigenvalue weighted by atomic mass is 35.5. The summed E-state index contributed by atoms with van der Waals surface area (Å²) >= 11 is 5.96. The average Bonchev–Trinajstić information content (AvgIpc) is 2.97. The molecule has 1 fully saturated rings. The molecular formula is C17H22ClN3O4S. The van der Waals surface area contributed by atoms with E-state index in [2.05, 4.69) is 4.98 Å². The van der Waals surface area contributed by atoms with Gasteiger partial charge in [-0.05, 0) is 45.0 Å². The molecule has 1 saturated heterocycles. The van der Waals surface area contributed by atoms with Gasteiger partial charge in [0.15, 0.2) is 0 Å². The van der Waals surface area contributed by atoms with E-state index >= 15 is 0 Å². The number of carbonyl (C=O) groups is 1. The molecule has 0 saturated carbocycles. The highest BCUT2D eigenvalue weighted by molar-refractivity contribution is 7.89. The van der Waals surface area contributed by atoms with Gasteiger partial charge in [-0.15, -0.1) is 0 Å². The van der Waals surface area contributed by atoms with Gasteiger partial charge >= 0.3 is 6.09 Å². The quantitative estimate of drug-likeness (QED) is 0.841. The van der Waals surface area contributed by atoms with Crippen molar-refractivity contribution in [3.8, 4) is 0 Å². The van der Waals surface area contributed by atoms with E-state index in [1.54, 1.807) is 45.0 Å². The smallest absolute Gasteiger partial charge is 0.410 e. The summed E-state index contributed by atoms with van der Waals surface area (Å²) < 4.78 is 32.5. The van der Waals surface area contributed by atoms with Crippen molar-refractivity contribution in [1.29, 1.82) is 0 Å². The van der Waals surface area contributed by atoms with Crippen LogP contribution in [0.1, 0.15) is 20.8 Å². The third-order valence-corrected chi connectivity index (χ3v) is 6.12. The maximum atomic E-state index is 12.9. The molecule has 0 aliphatic carbocycles. The largest absolute Gasteiger partial charge is 0.444 e. The number of aromatic nitrogens is 1. The highest BCUT2D eigenvalue weighted by Crippen LogP contribution is 2.25. The minimum Gasteiger partial charge on any atom is -0.444 e. The number of ether oxygens (including phenoxy) is 1. The number of nitrogens with one attached hydrogen (secondary N) is 1. The maximum absolute atomic E-state index is 12.9. The molecule has 0 atom stereocenters. The topological polar surface area (TPSA) is 82.7 Å². The van der Waals surface area contributed by atoms with E-state index in [9.17, 15) is 13.2 Å². The van der Waals surface area contributed by atoms with Gasteiger partial charge in [-0.25, -0.2) is 13.2 Å². The molecular weight excluding hydrogens is 378 g/mol. The number of fused-ring (bicyclic) bond motifs is 1. The van der Waals surface area contributed by atoms with Crippen LogP contribution in [-0.4, -0.2) is 60.5 Å². The van der Waals surface area contributed by atoms with Crippen molar-refractivity contribution in [1.82, 2.24) is 14.2 Å². The third kappa shape index (κ3) is 3.97. The van der Waals surface area contributed by atoms with Crippen molar-refractivity contribution in [2.24, 2.45) is 0 Å². The van der Waals surface area contributed by atoms with Crippen LogP contribution in [0.15, 0.2) is 29.3 Å². The Morgan fingerprint density at radius 3 is 2.42 bits per heavy atom. The third-order valence-electron chi connectivity index (χ3n) is 4.07. The number of rotatable bonds is 2. The molecule has 9 heteroatoms. The first kappa shape index (κ1) is 19.0. The van der Waals surface area contributed by atoms with E-state index in [1.165, 1.54) is 9.21 Å². The summed E-state index contributed by atoms with van der Waals surface area (Å²) in [5, 5.41) is 1.41. The molecule has 1 aliphatic rings. The van der Waals surface area contributed by atoms with Gasteiger partial charge in [0.25, 0.3) is 10.0 Å².